The zero-order valence-corrected chi connectivity index (χ0v) is 31.2. The first-order chi connectivity index (χ1) is 23.0. The van der Waals surface area contributed by atoms with Crippen LogP contribution >= 0.6 is 0 Å². The van der Waals surface area contributed by atoms with E-state index in [1.807, 2.05) is 13.8 Å². The van der Waals surface area contributed by atoms with Crippen LogP contribution in [-0.4, -0.2) is 105 Å². The fraction of sp³-hybridized carbons (Fsp3) is 0.939. The summed E-state index contributed by atoms with van der Waals surface area (Å²) in [4.78, 5) is 31.7. The van der Waals surface area contributed by atoms with Gasteiger partial charge in [0.25, 0.3) is 0 Å². The molecule has 0 radical (unpaired) electrons. The van der Waals surface area contributed by atoms with E-state index in [9.17, 15) is 40.3 Å². The monoisotopic (exact) mass is 741 g/mol. The molecule has 0 aromatic heterocycles. The average molecular weight is 742 g/mol. The molecule has 3 aliphatic rings. The highest BCUT2D eigenvalue weighted by atomic mass is 32.2. The number of primary sulfonamides is 1. The van der Waals surface area contributed by atoms with Crippen molar-refractivity contribution < 1.29 is 40.3 Å². The van der Waals surface area contributed by atoms with Gasteiger partial charge in [0.05, 0.1) is 23.1 Å². The Morgan fingerprint density at radius 1 is 0.857 bits per heavy atom. The summed E-state index contributed by atoms with van der Waals surface area (Å²) < 4.78 is 80.0. The maximum atomic E-state index is 14.4. The molecule has 286 valence electrons. The smallest absolute Gasteiger partial charge is 0.225 e. The van der Waals surface area contributed by atoms with Crippen LogP contribution in [0.5, 0.6) is 0 Å². The number of carbonyl (C=O) groups is 2. The molecule has 0 saturated heterocycles. The second-order valence-corrected chi connectivity index (χ2v) is 18.3. The van der Waals surface area contributed by atoms with Crippen molar-refractivity contribution in [2.75, 3.05) is 31.9 Å². The Labute approximate surface area is 292 Å². The summed E-state index contributed by atoms with van der Waals surface area (Å²) >= 11 is 0. The Hall–Kier alpha value is -1.46. The summed E-state index contributed by atoms with van der Waals surface area (Å²) in [6.07, 6.45) is 2.04. The van der Waals surface area contributed by atoms with Gasteiger partial charge in [-0.1, -0.05) is 40.0 Å². The van der Waals surface area contributed by atoms with E-state index < -0.39 is 73.4 Å². The van der Waals surface area contributed by atoms with Crippen molar-refractivity contribution in [3.8, 4) is 0 Å². The number of alkyl halides is 2. The molecule has 7 unspecified atom stereocenters. The molecule has 16 heteroatoms. The van der Waals surface area contributed by atoms with E-state index in [0.717, 1.165) is 32.1 Å². The summed E-state index contributed by atoms with van der Waals surface area (Å²) in [6, 6.07) is -1.02. The topological polar surface area (TPSA) is 179 Å². The fourth-order valence-corrected chi connectivity index (χ4v) is 10.6. The first-order valence-electron chi connectivity index (χ1n) is 18.4. The van der Waals surface area contributed by atoms with Gasteiger partial charge in [-0.05, 0) is 76.0 Å². The molecule has 2 amide bonds. The van der Waals surface area contributed by atoms with Gasteiger partial charge < -0.3 is 15.3 Å². The fourth-order valence-electron chi connectivity index (χ4n) is 8.02. The van der Waals surface area contributed by atoms with Crippen molar-refractivity contribution >= 4 is 31.9 Å². The molecule has 0 spiro atoms. The summed E-state index contributed by atoms with van der Waals surface area (Å²) in [5.41, 5.74) is 0. The number of hydrogen-bond acceptors (Lipinski definition) is 8. The minimum absolute atomic E-state index is 0.00173. The van der Waals surface area contributed by atoms with Crippen LogP contribution in [0.15, 0.2) is 0 Å². The van der Waals surface area contributed by atoms with E-state index in [1.54, 1.807) is 11.8 Å². The van der Waals surface area contributed by atoms with Crippen LogP contribution < -0.4 is 15.3 Å². The highest BCUT2D eigenvalue weighted by molar-refractivity contribution is 7.89. The van der Waals surface area contributed by atoms with E-state index in [0.29, 0.717) is 25.9 Å². The van der Waals surface area contributed by atoms with E-state index in [4.69, 9.17) is 5.14 Å². The number of aliphatic hydroxyl groups excluding tert-OH is 1. The van der Waals surface area contributed by atoms with Crippen LogP contribution in [0.4, 0.5) is 8.78 Å². The van der Waals surface area contributed by atoms with E-state index in [-0.39, 0.29) is 75.6 Å². The summed E-state index contributed by atoms with van der Waals surface area (Å²) in [5.74, 6) is -2.95. The minimum Gasteiger partial charge on any atom is -0.390 e. The number of nitrogens with one attached hydrogen (secondary N) is 2. The number of nitrogens with zero attached hydrogens (tertiary/aromatic N) is 2. The van der Waals surface area contributed by atoms with Crippen molar-refractivity contribution in [2.45, 2.75) is 140 Å². The number of hydrogen-bond donors (Lipinski definition) is 4. The first kappa shape index (κ1) is 42.0. The molecule has 3 rings (SSSR count). The van der Waals surface area contributed by atoms with Crippen molar-refractivity contribution in [1.82, 2.24) is 20.1 Å². The highest BCUT2D eigenvalue weighted by Gasteiger charge is 2.43. The van der Waals surface area contributed by atoms with E-state index in [1.165, 1.54) is 5.01 Å². The van der Waals surface area contributed by atoms with Crippen LogP contribution in [0.2, 0.25) is 0 Å². The molecular weight excluding hydrogens is 681 g/mol. The molecule has 0 aromatic carbocycles. The maximum absolute atomic E-state index is 14.4. The summed E-state index contributed by atoms with van der Waals surface area (Å²) in [7, 11) is -7.81. The molecule has 0 aromatic rings. The summed E-state index contributed by atoms with van der Waals surface area (Å²) in [6.45, 7) is 6.60. The Morgan fingerprint density at radius 3 is 2.00 bits per heavy atom. The highest BCUT2D eigenvalue weighted by Crippen LogP contribution is 2.35. The Balaban J connectivity index is 1.80. The normalized spacial score (nSPS) is 28.6. The number of nitrogens with two attached hydrogens (primary N) is 1. The van der Waals surface area contributed by atoms with Crippen molar-refractivity contribution in [3.63, 3.8) is 0 Å². The van der Waals surface area contributed by atoms with Crippen molar-refractivity contribution in [3.05, 3.63) is 0 Å². The van der Waals surface area contributed by atoms with Gasteiger partial charge in [-0.15, -0.1) is 4.83 Å². The quantitative estimate of drug-likeness (QED) is 0.155. The number of amides is 2. The SMILES string of the molecule is CCCN(CCC)C(=O)C1CC(C(=O)NC(CC2CC(F)CC(F)C2)C(O)CN(CC)NS(=O)(=O)CC2CCCCC2)CC(S(N)(=O)=O)C1. The second kappa shape index (κ2) is 19.4. The van der Waals surface area contributed by atoms with Crippen LogP contribution in [-0.2, 0) is 29.6 Å². The standard InChI is InChI=1S/C33H61F2N5O7S2/c1-4-12-39(13-5-2)33(43)26-17-25(18-29(19-26)49(36,46)47)32(42)37-30(16-24-14-27(34)20-28(35)15-24)31(41)21-40(6-3)38-48(44,45)22-23-10-8-7-9-11-23/h23-31,38,41H,4-22H2,1-3H3,(H,37,42)(H2,36,46,47). The number of hydrazine groups is 1. The van der Waals surface area contributed by atoms with E-state index >= 15 is 0 Å². The number of aliphatic hydroxyl groups is 1. The number of sulfonamides is 2. The predicted octanol–water partition coefficient (Wildman–Crippen LogP) is 3.16. The molecule has 7 atom stereocenters. The largest absolute Gasteiger partial charge is 0.390 e. The lowest BCUT2D eigenvalue weighted by atomic mass is 9.79. The molecular formula is C33H61F2N5O7S2. The van der Waals surface area contributed by atoms with Crippen LogP contribution in [0, 0.1) is 23.7 Å². The molecule has 3 aliphatic carbocycles. The van der Waals surface area contributed by atoms with Gasteiger partial charge >= 0.3 is 0 Å². The molecule has 0 aliphatic heterocycles. The van der Waals surface area contributed by atoms with Gasteiger partial charge in [-0.2, -0.15) is 0 Å². The Kier molecular flexibility index (Phi) is 16.6. The average Bonchev–Trinajstić information content (AvgIpc) is 3.02. The molecule has 49 heavy (non-hydrogen) atoms. The van der Waals surface area contributed by atoms with Gasteiger partial charge in [-0.3, -0.25) is 9.59 Å². The Bertz CT molecular complexity index is 1260. The lowest BCUT2D eigenvalue weighted by molar-refractivity contribution is -0.138. The number of halogens is 2. The Morgan fingerprint density at radius 2 is 1.45 bits per heavy atom. The molecule has 5 N–H and O–H groups in total. The van der Waals surface area contributed by atoms with Gasteiger partial charge in [0.1, 0.15) is 12.3 Å². The lowest BCUT2D eigenvalue weighted by Crippen LogP contribution is -2.55. The van der Waals surface area contributed by atoms with E-state index in [2.05, 4.69) is 10.1 Å². The predicted molar refractivity (Wildman–Crippen MR) is 185 cm³/mol. The number of carbonyl (C=O) groups excluding carboxylic acids is 2. The number of rotatable bonds is 18. The third-order valence-electron chi connectivity index (χ3n) is 10.5. The van der Waals surface area contributed by atoms with Gasteiger partial charge in [0.2, 0.25) is 31.9 Å². The van der Waals surface area contributed by atoms with Gasteiger partial charge in [-0.25, -0.2) is 35.8 Å². The third-order valence-corrected chi connectivity index (χ3v) is 13.2. The van der Waals surface area contributed by atoms with Gasteiger partial charge in [0.15, 0.2) is 0 Å². The minimum atomic E-state index is -4.09. The molecule has 0 heterocycles. The molecule has 12 nitrogen and oxygen atoms in total. The first-order valence-corrected chi connectivity index (χ1v) is 21.6. The molecule has 3 fully saturated rings. The van der Waals surface area contributed by atoms with Crippen molar-refractivity contribution in [2.24, 2.45) is 28.8 Å². The van der Waals surface area contributed by atoms with Crippen LogP contribution in [0.3, 0.4) is 0 Å². The summed E-state index contributed by atoms with van der Waals surface area (Å²) in [5, 5.41) is 20.1. The maximum Gasteiger partial charge on any atom is 0.225 e. The number of likely N-dealkylation sites (N-methyl/N-ethyl adjacent to an activating group) is 1. The zero-order chi connectivity index (χ0) is 36.4. The van der Waals surface area contributed by atoms with Crippen LogP contribution in [0.1, 0.15) is 111 Å². The molecule has 0 bridgehead atoms. The lowest BCUT2D eigenvalue weighted by Gasteiger charge is -2.37. The second-order valence-electron chi connectivity index (χ2n) is 14.7. The zero-order valence-electron chi connectivity index (χ0n) is 29.6. The van der Waals surface area contributed by atoms with Crippen LogP contribution in [0.25, 0.3) is 0 Å². The van der Waals surface area contributed by atoms with Gasteiger partial charge in [0, 0.05) is 44.4 Å². The molecule has 3 saturated carbocycles. The third kappa shape index (κ3) is 13.6. The van der Waals surface area contributed by atoms with Crippen molar-refractivity contribution in [1.29, 1.82) is 0 Å².